The molecule has 0 aliphatic rings. The Morgan fingerprint density at radius 2 is 1.52 bits per heavy atom. The predicted molar refractivity (Wildman–Crippen MR) is 87.9 cm³/mol. The lowest BCUT2D eigenvalue weighted by Gasteiger charge is -2.16. The number of hydrogen-bond donors (Lipinski definition) is 0. The van der Waals surface area contributed by atoms with Crippen LogP contribution in [0.15, 0.2) is 18.2 Å². The number of aryl methyl sites for hydroxylation is 1. The largest absolute Gasteiger partial charge is 0.496 e. The first-order chi connectivity index (χ1) is 10.0. The van der Waals surface area contributed by atoms with E-state index in [0.717, 1.165) is 20.3 Å². The van der Waals surface area contributed by atoms with Crippen LogP contribution >= 0.6 is 34.5 Å². The molecule has 0 radical (unpaired) electrons. The van der Waals surface area contributed by atoms with Gasteiger partial charge in [-0.2, -0.15) is 0 Å². The molecule has 0 N–H and O–H groups in total. The Hall–Kier alpha value is -1.10. The Bertz CT molecular complexity index is 621. The number of halogens is 2. The van der Waals surface area contributed by atoms with Gasteiger partial charge in [-0.15, -0.1) is 22.9 Å². The molecular weight excluding hydrogens is 331 g/mol. The summed E-state index contributed by atoms with van der Waals surface area (Å²) in [6.07, 6.45) is 0. The quantitative estimate of drug-likeness (QED) is 0.707. The summed E-state index contributed by atoms with van der Waals surface area (Å²) < 4.78 is 16.8. The zero-order valence-electron chi connectivity index (χ0n) is 12.2. The molecule has 1 aromatic carbocycles. The highest BCUT2D eigenvalue weighted by molar-refractivity contribution is 7.16. The molecular formula is C15H16Cl2O3S. The van der Waals surface area contributed by atoms with Crippen LogP contribution in [0.1, 0.15) is 21.4 Å². The van der Waals surface area contributed by atoms with Crippen molar-refractivity contribution in [2.45, 2.75) is 12.3 Å². The lowest BCUT2D eigenvalue weighted by Crippen LogP contribution is -1.99. The first-order valence-electron chi connectivity index (χ1n) is 6.21. The fourth-order valence-electron chi connectivity index (χ4n) is 2.01. The van der Waals surface area contributed by atoms with Gasteiger partial charge in [0.05, 0.1) is 31.0 Å². The molecule has 1 aromatic heterocycles. The van der Waals surface area contributed by atoms with Crippen LogP contribution in [-0.2, 0) is 0 Å². The van der Waals surface area contributed by atoms with Crippen molar-refractivity contribution < 1.29 is 14.2 Å². The summed E-state index contributed by atoms with van der Waals surface area (Å²) in [6, 6.07) is 5.59. The summed E-state index contributed by atoms with van der Waals surface area (Å²) in [5, 5.41) is -0.365. The van der Waals surface area contributed by atoms with Crippen molar-refractivity contribution in [2.75, 3.05) is 21.3 Å². The smallest absolute Gasteiger partial charge is 0.164 e. The first-order valence-corrected chi connectivity index (χ1v) is 7.84. The molecule has 0 amide bonds. The third-order valence-electron chi connectivity index (χ3n) is 3.13. The third kappa shape index (κ3) is 3.23. The Kier molecular flexibility index (Phi) is 5.25. The Morgan fingerprint density at radius 3 is 2.00 bits per heavy atom. The van der Waals surface area contributed by atoms with E-state index in [-0.39, 0.29) is 5.38 Å². The minimum Gasteiger partial charge on any atom is -0.496 e. The monoisotopic (exact) mass is 346 g/mol. The summed E-state index contributed by atoms with van der Waals surface area (Å²) >= 11 is 14.2. The van der Waals surface area contributed by atoms with E-state index in [1.165, 1.54) is 11.3 Å². The summed E-state index contributed by atoms with van der Waals surface area (Å²) in [5.74, 6) is 1.86. The normalized spacial score (nSPS) is 12.1. The van der Waals surface area contributed by atoms with Gasteiger partial charge in [0, 0.05) is 16.5 Å². The molecule has 0 aliphatic heterocycles. The maximum absolute atomic E-state index is 6.60. The van der Waals surface area contributed by atoms with Crippen LogP contribution in [0.3, 0.4) is 0 Å². The second kappa shape index (κ2) is 6.77. The van der Waals surface area contributed by atoms with E-state index >= 15 is 0 Å². The van der Waals surface area contributed by atoms with Crippen LogP contribution in [0.5, 0.6) is 17.2 Å². The molecule has 2 aromatic rings. The molecule has 1 atom stereocenters. The Balaban J connectivity index is 2.50. The van der Waals surface area contributed by atoms with Crippen LogP contribution in [0.25, 0.3) is 0 Å². The van der Waals surface area contributed by atoms with Crippen molar-refractivity contribution in [3.05, 3.63) is 38.5 Å². The van der Waals surface area contributed by atoms with Gasteiger partial charge in [-0.05, 0) is 24.6 Å². The van der Waals surface area contributed by atoms with Crippen LogP contribution in [0.4, 0.5) is 0 Å². The van der Waals surface area contributed by atoms with E-state index in [1.54, 1.807) is 27.4 Å². The van der Waals surface area contributed by atoms with Gasteiger partial charge in [-0.1, -0.05) is 11.6 Å². The topological polar surface area (TPSA) is 27.7 Å². The minimum atomic E-state index is -0.365. The van der Waals surface area contributed by atoms with Gasteiger partial charge in [0.1, 0.15) is 5.75 Å². The SMILES string of the molecule is COc1cc(OC)c(C(Cl)c2cc(C)c(Cl)s2)cc1OC. The van der Waals surface area contributed by atoms with Crippen LogP contribution < -0.4 is 14.2 Å². The first kappa shape index (κ1) is 16.3. The van der Waals surface area contributed by atoms with E-state index in [2.05, 4.69) is 0 Å². The molecule has 0 spiro atoms. The minimum absolute atomic E-state index is 0.365. The molecule has 21 heavy (non-hydrogen) atoms. The van der Waals surface area contributed by atoms with Gasteiger partial charge in [0.2, 0.25) is 0 Å². The van der Waals surface area contributed by atoms with E-state index in [1.807, 2.05) is 19.1 Å². The number of alkyl halides is 1. The number of rotatable bonds is 5. The molecule has 2 rings (SSSR count). The molecule has 0 aliphatic carbocycles. The Morgan fingerprint density at radius 1 is 0.952 bits per heavy atom. The van der Waals surface area contributed by atoms with Crippen molar-refractivity contribution in [3.63, 3.8) is 0 Å². The van der Waals surface area contributed by atoms with E-state index in [4.69, 9.17) is 37.4 Å². The number of thiophene rings is 1. The highest BCUT2D eigenvalue weighted by Crippen LogP contribution is 2.44. The van der Waals surface area contributed by atoms with E-state index in [9.17, 15) is 0 Å². The maximum atomic E-state index is 6.60. The molecule has 0 bridgehead atoms. The fourth-order valence-corrected chi connectivity index (χ4v) is 3.59. The standard InChI is InChI=1S/C15H16Cl2O3S/c1-8-5-13(21-15(8)17)14(16)9-6-11(19-3)12(20-4)7-10(9)18-2/h5-7,14H,1-4H3. The van der Waals surface area contributed by atoms with Gasteiger partial charge < -0.3 is 14.2 Å². The van der Waals surface area contributed by atoms with Crippen LogP contribution in [0.2, 0.25) is 4.34 Å². The second-order valence-electron chi connectivity index (χ2n) is 4.42. The molecule has 3 nitrogen and oxygen atoms in total. The summed E-state index contributed by atoms with van der Waals surface area (Å²) in [5.41, 5.74) is 1.83. The van der Waals surface area contributed by atoms with Crippen molar-refractivity contribution in [2.24, 2.45) is 0 Å². The van der Waals surface area contributed by atoms with Gasteiger partial charge in [-0.25, -0.2) is 0 Å². The van der Waals surface area contributed by atoms with Crippen LogP contribution in [-0.4, -0.2) is 21.3 Å². The van der Waals surface area contributed by atoms with Crippen molar-refractivity contribution in [1.82, 2.24) is 0 Å². The van der Waals surface area contributed by atoms with Crippen molar-refractivity contribution >= 4 is 34.5 Å². The van der Waals surface area contributed by atoms with Crippen molar-refractivity contribution in [3.8, 4) is 17.2 Å². The summed E-state index contributed by atoms with van der Waals surface area (Å²) in [7, 11) is 4.77. The van der Waals surface area contributed by atoms with E-state index in [0.29, 0.717) is 17.2 Å². The summed E-state index contributed by atoms with van der Waals surface area (Å²) in [4.78, 5) is 0.963. The summed E-state index contributed by atoms with van der Waals surface area (Å²) in [6.45, 7) is 1.96. The number of hydrogen-bond acceptors (Lipinski definition) is 4. The highest BCUT2D eigenvalue weighted by atomic mass is 35.5. The fraction of sp³-hybridized carbons (Fsp3) is 0.333. The zero-order valence-corrected chi connectivity index (χ0v) is 14.5. The van der Waals surface area contributed by atoms with Gasteiger partial charge >= 0.3 is 0 Å². The third-order valence-corrected chi connectivity index (χ3v) is 5.35. The number of benzene rings is 1. The zero-order chi connectivity index (χ0) is 15.6. The van der Waals surface area contributed by atoms with Crippen LogP contribution in [0, 0.1) is 6.92 Å². The number of ether oxygens (including phenoxy) is 3. The molecule has 0 saturated carbocycles. The van der Waals surface area contributed by atoms with Gasteiger partial charge in [0.25, 0.3) is 0 Å². The number of methoxy groups -OCH3 is 3. The average molecular weight is 347 g/mol. The Labute approximate surface area is 138 Å². The predicted octanol–water partition coefficient (Wildman–Crippen LogP) is 5.06. The van der Waals surface area contributed by atoms with E-state index < -0.39 is 0 Å². The molecule has 6 heteroatoms. The average Bonchev–Trinajstić information content (AvgIpc) is 2.84. The van der Waals surface area contributed by atoms with Crippen molar-refractivity contribution in [1.29, 1.82) is 0 Å². The lowest BCUT2D eigenvalue weighted by atomic mass is 10.1. The maximum Gasteiger partial charge on any atom is 0.164 e. The van der Waals surface area contributed by atoms with Gasteiger partial charge in [0.15, 0.2) is 11.5 Å². The molecule has 114 valence electrons. The molecule has 1 heterocycles. The highest BCUT2D eigenvalue weighted by Gasteiger charge is 2.21. The molecule has 0 saturated heterocycles. The van der Waals surface area contributed by atoms with Gasteiger partial charge in [-0.3, -0.25) is 0 Å². The lowest BCUT2D eigenvalue weighted by molar-refractivity contribution is 0.347. The molecule has 1 unspecified atom stereocenters. The molecule has 0 fully saturated rings. The second-order valence-corrected chi connectivity index (χ2v) is 6.54.